The number of amides is 1. The number of nitrogens with zero attached hydrogens (tertiary/aromatic N) is 3. The second-order valence-corrected chi connectivity index (χ2v) is 9.25. The van der Waals surface area contributed by atoms with Crippen molar-refractivity contribution in [2.24, 2.45) is 0 Å². The van der Waals surface area contributed by atoms with Gasteiger partial charge in [-0.25, -0.2) is 15.0 Å². The number of thiazole rings is 1. The van der Waals surface area contributed by atoms with Crippen LogP contribution >= 0.6 is 22.7 Å². The Morgan fingerprint density at radius 3 is 2.84 bits per heavy atom. The summed E-state index contributed by atoms with van der Waals surface area (Å²) < 4.78 is 5.09. The minimum Gasteiger partial charge on any atom is -0.385 e. The van der Waals surface area contributed by atoms with Gasteiger partial charge in [0.1, 0.15) is 17.0 Å². The summed E-state index contributed by atoms with van der Waals surface area (Å²) in [4.78, 5) is 27.8. The normalized spacial score (nSPS) is 11.1. The van der Waals surface area contributed by atoms with Crippen molar-refractivity contribution in [3.63, 3.8) is 0 Å². The third-order valence-corrected chi connectivity index (χ3v) is 7.07. The number of hydrogen-bond donors (Lipinski definition) is 2. The van der Waals surface area contributed by atoms with Crippen LogP contribution in [0, 0.1) is 6.92 Å². The monoisotopic (exact) mass is 467 g/mol. The zero-order chi connectivity index (χ0) is 22.3. The van der Waals surface area contributed by atoms with E-state index in [1.165, 1.54) is 23.2 Å². The highest BCUT2D eigenvalue weighted by Crippen LogP contribution is 2.33. The zero-order valence-corrected chi connectivity index (χ0v) is 19.7. The van der Waals surface area contributed by atoms with Crippen LogP contribution in [-0.2, 0) is 17.7 Å². The van der Waals surface area contributed by atoms with Crippen molar-refractivity contribution in [1.29, 1.82) is 0 Å². The van der Waals surface area contributed by atoms with E-state index in [4.69, 9.17) is 4.74 Å². The first kappa shape index (κ1) is 22.3. The third kappa shape index (κ3) is 5.29. The first-order chi connectivity index (χ1) is 15.7. The molecule has 3 aromatic heterocycles. The fourth-order valence-corrected chi connectivity index (χ4v) is 5.27. The molecular formula is C23H25N5O2S2. The van der Waals surface area contributed by atoms with Crippen LogP contribution in [0.1, 0.15) is 37.9 Å². The largest absolute Gasteiger partial charge is 0.385 e. The maximum Gasteiger partial charge on any atom is 0.262 e. The van der Waals surface area contributed by atoms with Gasteiger partial charge in [0.25, 0.3) is 5.91 Å². The van der Waals surface area contributed by atoms with Gasteiger partial charge in [-0.05, 0) is 24.5 Å². The first-order valence-corrected chi connectivity index (χ1v) is 12.1. The molecule has 2 N–H and O–H groups in total. The maximum atomic E-state index is 12.9. The molecule has 0 saturated heterocycles. The molecule has 0 radical (unpaired) electrons. The van der Waals surface area contributed by atoms with Crippen LogP contribution < -0.4 is 10.6 Å². The number of benzene rings is 1. The van der Waals surface area contributed by atoms with Gasteiger partial charge in [0.15, 0.2) is 0 Å². The summed E-state index contributed by atoms with van der Waals surface area (Å²) in [7, 11) is 1.69. The van der Waals surface area contributed by atoms with Crippen LogP contribution in [0.3, 0.4) is 0 Å². The molecule has 0 saturated carbocycles. The van der Waals surface area contributed by atoms with E-state index in [9.17, 15) is 4.79 Å². The number of aromatic nitrogens is 3. The minimum absolute atomic E-state index is 0.117. The molecule has 7 nitrogen and oxygen atoms in total. The van der Waals surface area contributed by atoms with Crippen LogP contribution in [0.4, 0.5) is 5.82 Å². The van der Waals surface area contributed by atoms with Crippen LogP contribution in [0.15, 0.2) is 42.0 Å². The molecule has 166 valence electrons. The lowest BCUT2D eigenvalue weighted by atomic mass is 10.2. The Morgan fingerprint density at radius 1 is 1.19 bits per heavy atom. The molecule has 0 aliphatic heterocycles. The van der Waals surface area contributed by atoms with Crippen molar-refractivity contribution in [3.8, 4) is 0 Å². The summed E-state index contributed by atoms with van der Waals surface area (Å²) in [6, 6.07) is 10.3. The van der Waals surface area contributed by atoms with Gasteiger partial charge in [0.2, 0.25) is 0 Å². The number of hydrogen-bond acceptors (Lipinski definition) is 8. The molecule has 9 heteroatoms. The standard InChI is InChI=1S/C23H25N5O2S2/c1-15-19-21(24-9-6-10-30-2)26-14-27-23(19)32-20(15)22(29)25-12-17-13-31-18(28-17)11-16-7-4-3-5-8-16/h3-5,7-8,13-14H,6,9-12H2,1-2H3,(H,25,29)(H,24,26,27). The van der Waals surface area contributed by atoms with Crippen molar-refractivity contribution >= 4 is 44.6 Å². The number of nitrogens with one attached hydrogen (secondary N) is 2. The Hall–Kier alpha value is -2.88. The second kappa shape index (κ2) is 10.6. The topological polar surface area (TPSA) is 89.0 Å². The van der Waals surface area contributed by atoms with Gasteiger partial charge < -0.3 is 15.4 Å². The van der Waals surface area contributed by atoms with Crippen LogP contribution in [0.5, 0.6) is 0 Å². The van der Waals surface area contributed by atoms with E-state index in [0.29, 0.717) is 18.0 Å². The summed E-state index contributed by atoms with van der Waals surface area (Å²) >= 11 is 3.00. The molecule has 0 fully saturated rings. The number of ether oxygens (including phenoxy) is 1. The molecule has 3 heterocycles. The second-order valence-electron chi connectivity index (χ2n) is 7.31. The van der Waals surface area contributed by atoms with Gasteiger partial charge in [0.05, 0.1) is 27.5 Å². The highest BCUT2D eigenvalue weighted by Gasteiger charge is 2.19. The number of rotatable bonds is 10. The Bertz CT molecular complexity index is 1190. The number of fused-ring (bicyclic) bond motifs is 1. The van der Waals surface area contributed by atoms with Gasteiger partial charge in [-0.3, -0.25) is 4.79 Å². The number of carbonyl (C=O) groups is 1. The fraction of sp³-hybridized carbons (Fsp3) is 0.304. The van der Waals surface area contributed by atoms with Gasteiger partial charge in [-0.2, -0.15) is 0 Å². The van der Waals surface area contributed by atoms with Crippen LogP contribution in [-0.4, -0.2) is 41.1 Å². The molecular weight excluding hydrogens is 442 g/mol. The highest BCUT2D eigenvalue weighted by molar-refractivity contribution is 7.20. The predicted molar refractivity (Wildman–Crippen MR) is 130 cm³/mol. The van der Waals surface area contributed by atoms with Crippen molar-refractivity contribution in [2.45, 2.75) is 26.3 Å². The summed E-state index contributed by atoms with van der Waals surface area (Å²) in [6.45, 7) is 3.76. The summed E-state index contributed by atoms with van der Waals surface area (Å²) in [5.41, 5.74) is 2.99. The Labute approximate surface area is 194 Å². The fourth-order valence-electron chi connectivity index (χ4n) is 3.38. The predicted octanol–water partition coefficient (Wildman–Crippen LogP) is 4.43. The van der Waals surface area contributed by atoms with Gasteiger partial charge in [0, 0.05) is 32.1 Å². The van der Waals surface area contributed by atoms with Crippen LogP contribution in [0.25, 0.3) is 10.2 Å². The summed E-state index contributed by atoms with van der Waals surface area (Å²) in [5.74, 6) is 0.636. The molecule has 1 amide bonds. The molecule has 0 spiro atoms. The minimum atomic E-state index is -0.117. The third-order valence-electron chi connectivity index (χ3n) is 4.98. The molecule has 0 bridgehead atoms. The number of methoxy groups -OCH3 is 1. The lowest BCUT2D eigenvalue weighted by molar-refractivity contribution is 0.0954. The number of anilines is 1. The van der Waals surface area contributed by atoms with E-state index >= 15 is 0 Å². The van der Waals surface area contributed by atoms with Crippen LogP contribution in [0.2, 0.25) is 0 Å². The van der Waals surface area contributed by atoms with E-state index < -0.39 is 0 Å². The molecule has 0 aliphatic carbocycles. The molecule has 0 aliphatic rings. The molecule has 4 rings (SSSR count). The maximum absolute atomic E-state index is 12.9. The Balaban J connectivity index is 1.41. The van der Waals surface area contributed by atoms with Gasteiger partial charge in [-0.1, -0.05) is 30.3 Å². The summed E-state index contributed by atoms with van der Waals surface area (Å²) in [6.07, 6.45) is 3.20. The van der Waals surface area contributed by atoms with Gasteiger partial charge >= 0.3 is 0 Å². The smallest absolute Gasteiger partial charge is 0.262 e. The average Bonchev–Trinajstić information content (AvgIpc) is 3.40. The molecule has 0 unspecified atom stereocenters. The molecule has 4 aromatic rings. The lowest BCUT2D eigenvalue weighted by Crippen LogP contribution is -2.22. The Kier molecular flexibility index (Phi) is 7.41. The number of thiophene rings is 1. The molecule has 32 heavy (non-hydrogen) atoms. The number of carbonyl (C=O) groups excluding carboxylic acids is 1. The van der Waals surface area contributed by atoms with E-state index in [-0.39, 0.29) is 5.91 Å². The van der Waals surface area contributed by atoms with E-state index in [1.54, 1.807) is 18.4 Å². The lowest BCUT2D eigenvalue weighted by Gasteiger charge is -2.07. The van der Waals surface area contributed by atoms with Crippen molar-refractivity contribution in [2.75, 3.05) is 25.6 Å². The Morgan fingerprint density at radius 2 is 2.03 bits per heavy atom. The van der Waals surface area contributed by atoms with Crippen molar-refractivity contribution in [3.05, 3.63) is 68.7 Å². The van der Waals surface area contributed by atoms with E-state index in [1.807, 2.05) is 30.5 Å². The summed E-state index contributed by atoms with van der Waals surface area (Å²) in [5, 5.41) is 10.3. The van der Waals surface area contributed by atoms with Gasteiger partial charge in [-0.15, -0.1) is 22.7 Å². The van der Waals surface area contributed by atoms with E-state index in [2.05, 4.69) is 37.7 Å². The number of aryl methyl sites for hydroxylation is 1. The molecule has 1 aromatic carbocycles. The van der Waals surface area contributed by atoms with E-state index in [0.717, 1.165) is 51.7 Å². The quantitative estimate of drug-likeness (QED) is 0.336. The van der Waals surface area contributed by atoms with Crippen molar-refractivity contribution < 1.29 is 9.53 Å². The highest BCUT2D eigenvalue weighted by atomic mass is 32.1. The first-order valence-electron chi connectivity index (χ1n) is 10.4. The van der Waals surface area contributed by atoms with Crippen molar-refractivity contribution in [1.82, 2.24) is 20.3 Å². The molecule has 0 atom stereocenters. The SMILES string of the molecule is COCCCNc1ncnc2sc(C(=O)NCc3csc(Cc4ccccc4)n3)c(C)c12. The average molecular weight is 468 g/mol. The zero-order valence-electron chi connectivity index (χ0n) is 18.1.